The highest BCUT2D eigenvalue weighted by Gasteiger charge is 2.29. The molecule has 1 saturated carbocycles. The van der Waals surface area contributed by atoms with Crippen molar-refractivity contribution in [1.82, 2.24) is 14.8 Å². The van der Waals surface area contributed by atoms with E-state index < -0.39 is 0 Å². The summed E-state index contributed by atoms with van der Waals surface area (Å²) < 4.78 is 7.67. The van der Waals surface area contributed by atoms with Crippen LogP contribution in [0.3, 0.4) is 0 Å². The fraction of sp³-hybridized carbons (Fsp3) is 0.429. The molecular formula is C14H16ClN3O. The van der Waals surface area contributed by atoms with E-state index in [9.17, 15) is 0 Å². The predicted molar refractivity (Wildman–Crippen MR) is 73.6 cm³/mol. The summed E-state index contributed by atoms with van der Waals surface area (Å²) in [5.41, 5.74) is 0. The van der Waals surface area contributed by atoms with E-state index in [4.69, 9.17) is 16.3 Å². The van der Waals surface area contributed by atoms with Crippen LogP contribution in [0.15, 0.2) is 30.3 Å². The van der Waals surface area contributed by atoms with Crippen molar-refractivity contribution >= 4 is 11.6 Å². The normalized spacial score (nSPS) is 14.6. The van der Waals surface area contributed by atoms with Crippen molar-refractivity contribution in [1.29, 1.82) is 0 Å². The van der Waals surface area contributed by atoms with Crippen molar-refractivity contribution in [2.24, 2.45) is 0 Å². The molecule has 0 bridgehead atoms. The summed E-state index contributed by atoms with van der Waals surface area (Å²) >= 11 is 6.06. The first-order valence-electron chi connectivity index (χ1n) is 6.61. The third kappa shape index (κ3) is 3.07. The lowest BCUT2D eigenvalue weighted by molar-refractivity contribution is 0.301. The Bertz CT molecular complexity index is 537. The number of para-hydroxylation sites is 1. The van der Waals surface area contributed by atoms with Crippen LogP contribution in [0.5, 0.6) is 5.75 Å². The number of hydrogen-bond acceptors (Lipinski definition) is 3. The van der Waals surface area contributed by atoms with E-state index in [0.29, 0.717) is 17.8 Å². The van der Waals surface area contributed by atoms with Gasteiger partial charge in [0, 0.05) is 12.5 Å². The molecule has 0 unspecified atom stereocenters. The van der Waals surface area contributed by atoms with Crippen LogP contribution in [0.1, 0.15) is 31.0 Å². The van der Waals surface area contributed by atoms with Gasteiger partial charge in [-0.2, -0.15) is 0 Å². The number of aromatic nitrogens is 3. The number of hydrogen-bond donors (Lipinski definition) is 0. The molecule has 0 amide bonds. The average Bonchev–Trinajstić information content (AvgIpc) is 3.21. The highest BCUT2D eigenvalue weighted by molar-refractivity contribution is 6.28. The van der Waals surface area contributed by atoms with Gasteiger partial charge >= 0.3 is 0 Å². The van der Waals surface area contributed by atoms with E-state index in [1.807, 2.05) is 34.9 Å². The van der Waals surface area contributed by atoms with Crippen LogP contribution in [-0.4, -0.2) is 21.4 Å². The number of rotatable bonds is 6. The zero-order chi connectivity index (χ0) is 13.1. The van der Waals surface area contributed by atoms with Gasteiger partial charge < -0.3 is 9.30 Å². The third-order valence-corrected chi connectivity index (χ3v) is 3.49. The second-order valence-corrected chi connectivity index (χ2v) is 5.11. The maximum absolute atomic E-state index is 6.06. The Labute approximate surface area is 117 Å². The topological polar surface area (TPSA) is 39.9 Å². The van der Waals surface area contributed by atoms with E-state index in [2.05, 4.69) is 10.2 Å². The molecule has 3 rings (SSSR count). The second-order valence-electron chi connectivity index (χ2n) is 4.77. The van der Waals surface area contributed by atoms with Crippen molar-refractivity contribution in [2.75, 3.05) is 6.61 Å². The smallest absolute Gasteiger partial charge is 0.225 e. The molecule has 1 heterocycles. The van der Waals surface area contributed by atoms with Gasteiger partial charge in [0.25, 0.3) is 0 Å². The Balaban J connectivity index is 1.51. The van der Waals surface area contributed by atoms with E-state index >= 15 is 0 Å². The fourth-order valence-electron chi connectivity index (χ4n) is 2.07. The molecule has 0 N–H and O–H groups in total. The first-order chi connectivity index (χ1) is 9.34. The highest BCUT2D eigenvalue weighted by atomic mass is 35.5. The number of halogens is 1. The molecule has 0 radical (unpaired) electrons. The van der Waals surface area contributed by atoms with Crippen LogP contribution in [0.4, 0.5) is 0 Å². The number of ether oxygens (including phenoxy) is 1. The van der Waals surface area contributed by atoms with Crippen LogP contribution in [0.2, 0.25) is 5.28 Å². The Morgan fingerprint density at radius 2 is 2.00 bits per heavy atom. The molecule has 5 heteroatoms. The number of benzene rings is 1. The summed E-state index contributed by atoms with van der Waals surface area (Å²) in [5.74, 6) is 2.50. The minimum absolute atomic E-state index is 0.488. The second kappa shape index (κ2) is 5.61. The van der Waals surface area contributed by atoms with Gasteiger partial charge in [-0.1, -0.05) is 18.2 Å². The summed E-state index contributed by atoms with van der Waals surface area (Å²) in [6.07, 6.45) is 3.30. The Hall–Kier alpha value is -1.55. The summed E-state index contributed by atoms with van der Waals surface area (Å²) in [4.78, 5) is 0. The predicted octanol–water partition coefficient (Wildman–Crippen LogP) is 3.28. The first-order valence-corrected chi connectivity index (χ1v) is 6.99. The van der Waals surface area contributed by atoms with Crippen molar-refractivity contribution in [2.45, 2.75) is 31.7 Å². The van der Waals surface area contributed by atoms with Crippen LogP contribution in [0, 0.1) is 0 Å². The van der Waals surface area contributed by atoms with Gasteiger partial charge in [-0.15, -0.1) is 10.2 Å². The maximum Gasteiger partial charge on any atom is 0.225 e. The number of nitrogens with zero attached hydrogens (tertiary/aromatic N) is 3. The van der Waals surface area contributed by atoms with Crippen molar-refractivity contribution in [3.8, 4) is 5.75 Å². The lowest BCUT2D eigenvalue weighted by atomic mass is 10.3. The van der Waals surface area contributed by atoms with Crippen molar-refractivity contribution in [3.05, 3.63) is 41.4 Å². The van der Waals surface area contributed by atoms with Gasteiger partial charge in [-0.3, -0.25) is 0 Å². The molecule has 1 aliphatic carbocycles. The SMILES string of the molecule is Clc1nnc(C2CC2)n1CCCOc1ccccc1. The Morgan fingerprint density at radius 1 is 1.21 bits per heavy atom. The molecule has 1 fully saturated rings. The minimum Gasteiger partial charge on any atom is -0.494 e. The van der Waals surface area contributed by atoms with Crippen LogP contribution < -0.4 is 4.74 Å². The van der Waals surface area contributed by atoms with Crippen molar-refractivity contribution in [3.63, 3.8) is 0 Å². The van der Waals surface area contributed by atoms with Crippen LogP contribution in [-0.2, 0) is 6.54 Å². The molecule has 0 spiro atoms. The molecule has 0 atom stereocenters. The summed E-state index contributed by atoms with van der Waals surface area (Å²) in [6, 6.07) is 9.84. The van der Waals surface area contributed by atoms with E-state index in [-0.39, 0.29) is 0 Å². The first kappa shape index (κ1) is 12.5. The van der Waals surface area contributed by atoms with Gasteiger partial charge in [-0.25, -0.2) is 0 Å². The molecule has 100 valence electrons. The van der Waals surface area contributed by atoms with Gasteiger partial charge in [0.2, 0.25) is 5.28 Å². The van der Waals surface area contributed by atoms with Crippen molar-refractivity contribution < 1.29 is 4.74 Å². The lowest BCUT2D eigenvalue weighted by Gasteiger charge is -2.08. The lowest BCUT2D eigenvalue weighted by Crippen LogP contribution is -2.07. The van der Waals surface area contributed by atoms with Gasteiger partial charge in [0.05, 0.1) is 6.61 Å². The molecule has 2 aromatic rings. The van der Waals surface area contributed by atoms with E-state index in [0.717, 1.165) is 24.5 Å². The Morgan fingerprint density at radius 3 is 2.74 bits per heavy atom. The van der Waals surface area contributed by atoms with E-state index in [1.165, 1.54) is 12.8 Å². The summed E-state index contributed by atoms with van der Waals surface area (Å²) in [7, 11) is 0. The molecule has 1 aromatic carbocycles. The fourth-order valence-corrected chi connectivity index (χ4v) is 2.28. The molecule has 1 aromatic heterocycles. The van der Waals surface area contributed by atoms with Gasteiger partial charge in [-0.05, 0) is 43.0 Å². The Kier molecular flexibility index (Phi) is 3.69. The largest absolute Gasteiger partial charge is 0.494 e. The monoisotopic (exact) mass is 277 g/mol. The molecular weight excluding hydrogens is 262 g/mol. The van der Waals surface area contributed by atoms with Gasteiger partial charge in [0.15, 0.2) is 0 Å². The molecule has 19 heavy (non-hydrogen) atoms. The van der Waals surface area contributed by atoms with E-state index in [1.54, 1.807) is 0 Å². The quantitative estimate of drug-likeness (QED) is 0.761. The minimum atomic E-state index is 0.488. The molecule has 4 nitrogen and oxygen atoms in total. The maximum atomic E-state index is 6.06. The third-order valence-electron chi connectivity index (χ3n) is 3.21. The summed E-state index contributed by atoms with van der Waals surface area (Å²) in [6.45, 7) is 1.48. The average molecular weight is 278 g/mol. The van der Waals surface area contributed by atoms with Crippen LogP contribution in [0.25, 0.3) is 0 Å². The zero-order valence-electron chi connectivity index (χ0n) is 10.6. The molecule has 0 saturated heterocycles. The van der Waals surface area contributed by atoms with Gasteiger partial charge in [0.1, 0.15) is 11.6 Å². The standard InChI is InChI=1S/C14H16ClN3O/c15-14-17-16-13(11-7-8-11)18(14)9-4-10-19-12-5-2-1-3-6-12/h1-3,5-6,11H,4,7-10H2. The highest BCUT2D eigenvalue weighted by Crippen LogP contribution is 2.39. The zero-order valence-corrected chi connectivity index (χ0v) is 11.4. The summed E-state index contributed by atoms with van der Waals surface area (Å²) in [5, 5.41) is 8.59. The van der Waals surface area contributed by atoms with Crippen LogP contribution >= 0.6 is 11.6 Å². The molecule has 1 aliphatic rings. The molecule has 0 aliphatic heterocycles.